The Morgan fingerprint density at radius 2 is 2.44 bits per heavy atom. The number of aryl methyl sites for hydroxylation is 1. The zero-order valence-electron chi connectivity index (χ0n) is 9.14. The second-order valence-electron chi connectivity index (χ2n) is 3.65. The van der Waals surface area contributed by atoms with E-state index in [1.807, 2.05) is 14.0 Å². The summed E-state index contributed by atoms with van der Waals surface area (Å²) < 4.78 is 1.73. The van der Waals surface area contributed by atoms with E-state index in [0.29, 0.717) is 5.69 Å². The summed E-state index contributed by atoms with van der Waals surface area (Å²) >= 11 is 0. The van der Waals surface area contributed by atoms with Crippen molar-refractivity contribution in [1.29, 1.82) is 0 Å². The molecule has 0 spiro atoms. The Bertz CT molecular complexity index is 473. The van der Waals surface area contributed by atoms with E-state index in [-0.39, 0.29) is 11.9 Å². The lowest BCUT2D eigenvalue weighted by Crippen LogP contribution is -2.26. The van der Waals surface area contributed by atoms with Crippen molar-refractivity contribution in [1.82, 2.24) is 25.1 Å². The molecule has 0 saturated heterocycles. The van der Waals surface area contributed by atoms with Gasteiger partial charge in [-0.3, -0.25) is 9.89 Å². The van der Waals surface area contributed by atoms with Gasteiger partial charge in [0.2, 0.25) is 0 Å². The van der Waals surface area contributed by atoms with Crippen molar-refractivity contribution >= 4 is 5.91 Å². The van der Waals surface area contributed by atoms with Gasteiger partial charge in [0.25, 0.3) is 5.91 Å². The van der Waals surface area contributed by atoms with Crippen molar-refractivity contribution in [2.75, 3.05) is 0 Å². The number of hydrogen-bond donors (Lipinski definition) is 2. The average molecular weight is 219 g/mol. The summed E-state index contributed by atoms with van der Waals surface area (Å²) in [6.07, 6.45) is 6.71. The van der Waals surface area contributed by atoms with Gasteiger partial charge in [0, 0.05) is 25.0 Å². The van der Waals surface area contributed by atoms with Crippen molar-refractivity contribution in [3.63, 3.8) is 0 Å². The summed E-state index contributed by atoms with van der Waals surface area (Å²) in [5, 5.41) is 9.38. The number of imidazole rings is 1. The van der Waals surface area contributed by atoms with E-state index in [1.54, 1.807) is 29.5 Å². The summed E-state index contributed by atoms with van der Waals surface area (Å²) in [7, 11) is 1.82. The minimum absolute atomic E-state index is 0.0896. The van der Waals surface area contributed by atoms with E-state index < -0.39 is 0 Å². The Labute approximate surface area is 92.7 Å². The van der Waals surface area contributed by atoms with Crippen molar-refractivity contribution in [2.45, 2.75) is 13.0 Å². The number of nitrogens with one attached hydrogen (secondary N) is 2. The summed E-state index contributed by atoms with van der Waals surface area (Å²) in [4.78, 5) is 15.7. The summed E-state index contributed by atoms with van der Waals surface area (Å²) in [6, 6.07) is -0.0896. The van der Waals surface area contributed by atoms with Crippen LogP contribution < -0.4 is 5.32 Å². The Balaban J connectivity index is 2.03. The third-order valence-corrected chi connectivity index (χ3v) is 2.30. The predicted octanol–water partition coefficient (Wildman–Crippen LogP) is 0.634. The fourth-order valence-corrected chi connectivity index (χ4v) is 1.38. The average Bonchev–Trinajstić information content (AvgIpc) is 2.87. The highest BCUT2D eigenvalue weighted by atomic mass is 16.1. The molecule has 0 aliphatic rings. The highest BCUT2D eigenvalue weighted by Gasteiger charge is 2.13. The van der Waals surface area contributed by atoms with E-state index in [1.165, 1.54) is 0 Å². The van der Waals surface area contributed by atoms with Crippen LogP contribution in [-0.4, -0.2) is 25.7 Å². The zero-order chi connectivity index (χ0) is 11.5. The quantitative estimate of drug-likeness (QED) is 0.795. The minimum Gasteiger partial charge on any atom is -0.344 e. The van der Waals surface area contributed by atoms with Crippen LogP contribution in [0.2, 0.25) is 0 Å². The zero-order valence-corrected chi connectivity index (χ0v) is 9.14. The Hall–Kier alpha value is -2.11. The molecule has 84 valence electrons. The van der Waals surface area contributed by atoms with Crippen molar-refractivity contribution < 1.29 is 4.79 Å². The molecule has 1 amide bonds. The number of aromatic amines is 1. The topological polar surface area (TPSA) is 75.6 Å². The second kappa shape index (κ2) is 4.18. The van der Waals surface area contributed by atoms with E-state index in [4.69, 9.17) is 0 Å². The van der Waals surface area contributed by atoms with Gasteiger partial charge in [0.15, 0.2) is 0 Å². The van der Waals surface area contributed by atoms with Crippen molar-refractivity contribution in [3.05, 3.63) is 36.2 Å². The molecule has 0 saturated carbocycles. The molecule has 6 heteroatoms. The molecule has 0 aliphatic carbocycles. The number of hydrogen-bond acceptors (Lipinski definition) is 3. The maximum Gasteiger partial charge on any atom is 0.271 e. The van der Waals surface area contributed by atoms with Gasteiger partial charge in [-0.05, 0) is 6.92 Å². The van der Waals surface area contributed by atoms with Gasteiger partial charge in [-0.1, -0.05) is 0 Å². The van der Waals surface area contributed by atoms with E-state index in [2.05, 4.69) is 20.5 Å². The molecule has 2 N–H and O–H groups in total. The standard InChI is InChI=1S/C10H13N5O/c1-7(8-3-12-13-4-8)14-10(16)9-5-15(2)6-11-9/h3-7H,1-2H3,(H,12,13)(H,14,16). The molecule has 1 atom stereocenters. The molecule has 0 aromatic carbocycles. The third-order valence-electron chi connectivity index (χ3n) is 2.30. The fraction of sp³-hybridized carbons (Fsp3) is 0.300. The molecule has 2 rings (SSSR count). The molecular weight excluding hydrogens is 206 g/mol. The molecule has 0 aliphatic heterocycles. The molecule has 0 radical (unpaired) electrons. The van der Waals surface area contributed by atoms with E-state index in [0.717, 1.165) is 5.56 Å². The van der Waals surface area contributed by atoms with Crippen LogP contribution in [0.3, 0.4) is 0 Å². The van der Waals surface area contributed by atoms with Gasteiger partial charge >= 0.3 is 0 Å². The number of carbonyl (C=O) groups is 1. The largest absolute Gasteiger partial charge is 0.344 e. The molecule has 0 fully saturated rings. The maximum absolute atomic E-state index is 11.7. The fourth-order valence-electron chi connectivity index (χ4n) is 1.38. The minimum atomic E-state index is -0.186. The number of aromatic nitrogens is 4. The lowest BCUT2D eigenvalue weighted by Gasteiger charge is -2.10. The Morgan fingerprint density at radius 3 is 3.00 bits per heavy atom. The monoisotopic (exact) mass is 219 g/mol. The third kappa shape index (κ3) is 2.10. The molecule has 0 bridgehead atoms. The number of amides is 1. The number of H-pyrrole nitrogens is 1. The van der Waals surface area contributed by atoms with Crippen LogP contribution in [-0.2, 0) is 7.05 Å². The lowest BCUT2D eigenvalue weighted by molar-refractivity contribution is 0.0935. The van der Waals surface area contributed by atoms with Crippen LogP contribution in [0.15, 0.2) is 24.9 Å². The van der Waals surface area contributed by atoms with Crippen LogP contribution in [0, 0.1) is 0 Å². The van der Waals surface area contributed by atoms with Crippen LogP contribution >= 0.6 is 0 Å². The summed E-state index contributed by atoms with van der Waals surface area (Å²) in [5.74, 6) is -0.186. The first-order chi connectivity index (χ1) is 7.66. The highest BCUT2D eigenvalue weighted by Crippen LogP contribution is 2.09. The molecule has 2 aromatic rings. The molecule has 16 heavy (non-hydrogen) atoms. The molecule has 2 heterocycles. The molecule has 6 nitrogen and oxygen atoms in total. The first-order valence-corrected chi connectivity index (χ1v) is 4.94. The highest BCUT2D eigenvalue weighted by molar-refractivity contribution is 5.92. The smallest absolute Gasteiger partial charge is 0.271 e. The lowest BCUT2D eigenvalue weighted by atomic mass is 10.2. The van der Waals surface area contributed by atoms with Crippen LogP contribution in [0.1, 0.15) is 29.0 Å². The van der Waals surface area contributed by atoms with Crippen molar-refractivity contribution in [3.8, 4) is 0 Å². The normalized spacial score (nSPS) is 12.4. The number of nitrogens with zero attached hydrogens (tertiary/aromatic N) is 3. The maximum atomic E-state index is 11.7. The van der Waals surface area contributed by atoms with Gasteiger partial charge in [-0.15, -0.1) is 0 Å². The SMILES string of the molecule is CC(NC(=O)c1cn(C)cn1)c1cn[nH]c1. The van der Waals surface area contributed by atoms with Gasteiger partial charge in [-0.25, -0.2) is 4.98 Å². The van der Waals surface area contributed by atoms with Crippen molar-refractivity contribution in [2.24, 2.45) is 7.05 Å². The van der Waals surface area contributed by atoms with Gasteiger partial charge in [-0.2, -0.15) is 5.10 Å². The first kappa shape index (κ1) is 10.4. The molecule has 2 aromatic heterocycles. The van der Waals surface area contributed by atoms with E-state index in [9.17, 15) is 4.79 Å². The van der Waals surface area contributed by atoms with Crippen LogP contribution in [0.4, 0.5) is 0 Å². The van der Waals surface area contributed by atoms with Gasteiger partial charge in [0.05, 0.1) is 18.6 Å². The van der Waals surface area contributed by atoms with Gasteiger partial charge in [0.1, 0.15) is 5.69 Å². The molecular formula is C10H13N5O. The predicted molar refractivity (Wildman–Crippen MR) is 57.7 cm³/mol. The van der Waals surface area contributed by atoms with E-state index >= 15 is 0 Å². The molecule has 1 unspecified atom stereocenters. The second-order valence-corrected chi connectivity index (χ2v) is 3.65. The number of rotatable bonds is 3. The van der Waals surface area contributed by atoms with Gasteiger partial charge < -0.3 is 9.88 Å². The summed E-state index contributed by atoms with van der Waals surface area (Å²) in [5.41, 5.74) is 1.35. The first-order valence-electron chi connectivity index (χ1n) is 4.94. The Kier molecular flexibility index (Phi) is 2.72. The Morgan fingerprint density at radius 1 is 1.62 bits per heavy atom. The van der Waals surface area contributed by atoms with Crippen LogP contribution in [0.25, 0.3) is 0 Å². The number of carbonyl (C=O) groups excluding carboxylic acids is 1. The van der Waals surface area contributed by atoms with Crippen LogP contribution in [0.5, 0.6) is 0 Å². The summed E-state index contributed by atoms with van der Waals surface area (Å²) in [6.45, 7) is 1.89.